The van der Waals surface area contributed by atoms with Crippen molar-refractivity contribution in [1.29, 1.82) is 5.26 Å². The zero-order chi connectivity index (χ0) is 22.1. The van der Waals surface area contributed by atoms with Crippen LogP contribution in [0.15, 0.2) is 54.6 Å². The van der Waals surface area contributed by atoms with Gasteiger partial charge in [0.15, 0.2) is 0 Å². The van der Waals surface area contributed by atoms with Crippen molar-refractivity contribution in [3.05, 3.63) is 88.2 Å². The maximum Gasteiger partial charge on any atom is 0.335 e. The number of aryl methyl sites for hydroxylation is 1. The first-order valence-electron chi connectivity index (χ1n) is 9.87. The fourth-order valence-electron chi connectivity index (χ4n) is 3.57. The summed E-state index contributed by atoms with van der Waals surface area (Å²) >= 11 is 0. The lowest BCUT2D eigenvalue weighted by atomic mass is 9.87. The Hall–Kier alpha value is -3.58. The number of rotatable bonds is 4. The molecule has 3 aromatic rings. The Kier molecular flexibility index (Phi) is 5.67. The van der Waals surface area contributed by atoms with Gasteiger partial charge < -0.3 is 9.67 Å². The van der Waals surface area contributed by atoms with Crippen molar-refractivity contribution in [3.63, 3.8) is 0 Å². The predicted octanol–water partition coefficient (Wildman–Crippen LogP) is 6.15. The number of carbonyl (C=O) groups is 1. The molecule has 152 valence electrons. The maximum absolute atomic E-state index is 11.1. The van der Waals surface area contributed by atoms with Gasteiger partial charge in [0.05, 0.1) is 17.2 Å². The number of carboxylic acids is 1. The average Bonchev–Trinajstić information content (AvgIpc) is 2.98. The van der Waals surface area contributed by atoms with Crippen molar-refractivity contribution >= 4 is 17.6 Å². The van der Waals surface area contributed by atoms with E-state index in [4.69, 9.17) is 5.11 Å². The lowest BCUT2D eigenvalue weighted by molar-refractivity contribution is 0.0697. The van der Waals surface area contributed by atoms with E-state index in [1.54, 1.807) is 12.1 Å². The van der Waals surface area contributed by atoms with Gasteiger partial charge in [-0.05, 0) is 72.4 Å². The summed E-state index contributed by atoms with van der Waals surface area (Å²) in [5, 5.41) is 18.7. The second-order valence-corrected chi connectivity index (χ2v) is 8.51. The van der Waals surface area contributed by atoms with Gasteiger partial charge in [0.25, 0.3) is 0 Å². The lowest BCUT2D eigenvalue weighted by Gasteiger charge is -2.20. The summed E-state index contributed by atoms with van der Waals surface area (Å²) in [6.07, 6.45) is 1.86. The van der Waals surface area contributed by atoms with Gasteiger partial charge in [0, 0.05) is 17.1 Å². The van der Waals surface area contributed by atoms with Gasteiger partial charge in [-0.1, -0.05) is 45.0 Å². The normalized spacial score (nSPS) is 11.9. The van der Waals surface area contributed by atoms with Crippen LogP contribution >= 0.6 is 0 Å². The molecule has 4 nitrogen and oxygen atoms in total. The van der Waals surface area contributed by atoms with Gasteiger partial charge in [-0.3, -0.25) is 0 Å². The highest BCUT2D eigenvalue weighted by Crippen LogP contribution is 2.28. The first kappa shape index (κ1) is 21.1. The summed E-state index contributed by atoms with van der Waals surface area (Å²) in [5.74, 6) is -0.981. The molecular formula is C26H26N2O2. The molecule has 0 aliphatic rings. The van der Waals surface area contributed by atoms with Crippen LogP contribution in [-0.4, -0.2) is 15.6 Å². The number of nitrogens with zero attached hydrogens (tertiary/aromatic N) is 2. The van der Waals surface area contributed by atoms with E-state index in [0.717, 1.165) is 22.6 Å². The third-order valence-electron chi connectivity index (χ3n) is 5.32. The minimum Gasteiger partial charge on any atom is -0.478 e. The third kappa shape index (κ3) is 4.21. The highest BCUT2D eigenvalue weighted by atomic mass is 16.4. The van der Waals surface area contributed by atoms with Gasteiger partial charge in [0.2, 0.25) is 0 Å². The van der Waals surface area contributed by atoms with Gasteiger partial charge in [-0.15, -0.1) is 0 Å². The summed E-state index contributed by atoms with van der Waals surface area (Å²) in [4.78, 5) is 11.1. The number of carboxylic acid groups (broad SMARTS) is 1. The molecule has 0 atom stereocenters. The van der Waals surface area contributed by atoms with E-state index in [0.29, 0.717) is 11.1 Å². The third-order valence-corrected chi connectivity index (χ3v) is 5.32. The van der Waals surface area contributed by atoms with Crippen LogP contribution in [0.2, 0.25) is 0 Å². The monoisotopic (exact) mass is 398 g/mol. The van der Waals surface area contributed by atoms with Crippen molar-refractivity contribution in [2.45, 2.75) is 40.0 Å². The van der Waals surface area contributed by atoms with Crippen molar-refractivity contribution in [2.24, 2.45) is 0 Å². The predicted molar refractivity (Wildman–Crippen MR) is 121 cm³/mol. The largest absolute Gasteiger partial charge is 0.478 e. The Bertz CT molecular complexity index is 1150. The van der Waals surface area contributed by atoms with E-state index in [1.165, 1.54) is 17.7 Å². The molecule has 4 heteroatoms. The van der Waals surface area contributed by atoms with Crippen molar-refractivity contribution in [3.8, 4) is 11.8 Å². The zero-order valence-corrected chi connectivity index (χ0v) is 18.0. The number of allylic oxidation sites excluding steroid dienone is 1. The molecule has 0 spiro atoms. The molecule has 1 heterocycles. The van der Waals surface area contributed by atoms with E-state index in [2.05, 4.69) is 68.7 Å². The van der Waals surface area contributed by atoms with E-state index < -0.39 is 5.97 Å². The molecule has 0 aliphatic heterocycles. The fraction of sp³-hybridized carbons (Fsp3) is 0.231. The Morgan fingerprint density at radius 2 is 1.57 bits per heavy atom. The number of benzene rings is 2. The molecule has 0 fully saturated rings. The molecule has 1 N–H and O–H groups in total. The van der Waals surface area contributed by atoms with Gasteiger partial charge in [-0.2, -0.15) is 5.26 Å². The summed E-state index contributed by atoms with van der Waals surface area (Å²) < 4.78 is 2.18. The van der Waals surface area contributed by atoms with Crippen LogP contribution in [0.3, 0.4) is 0 Å². The van der Waals surface area contributed by atoms with Crippen molar-refractivity contribution in [1.82, 2.24) is 4.57 Å². The van der Waals surface area contributed by atoms with E-state index in [1.807, 2.05) is 13.0 Å². The lowest BCUT2D eigenvalue weighted by Crippen LogP contribution is -2.11. The molecule has 0 saturated heterocycles. The first-order chi connectivity index (χ1) is 14.1. The topological polar surface area (TPSA) is 66.0 Å². The van der Waals surface area contributed by atoms with Crippen LogP contribution in [0.5, 0.6) is 0 Å². The van der Waals surface area contributed by atoms with E-state index in [-0.39, 0.29) is 11.0 Å². The second kappa shape index (κ2) is 8.04. The van der Waals surface area contributed by atoms with Gasteiger partial charge in [0.1, 0.15) is 0 Å². The molecule has 0 amide bonds. The number of nitriles is 1. The minimum absolute atomic E-state index is 0.102. The molecule has 2 aromatic carbocycles. The summed E-state index contributed by atoms with van der Waals surface area (Å²) in [6, 6.07) is 19.3. The molecule has 0 radical (unpaired) electrons. The summed E-state index contributed by atoms with van der Waals surface area (Å²) in [7, 11) is 0. The Balaban J connectivity index is 2.00. The van der Waals surface area contributed by atoms with Crippen molar-refractivity contribution < 1.29 is 9.90 Å². The van der Waals surface area contributed by atoms with E-state index >= 15 is 0 Å². The van der Waals surface area contributed by atoms with Crippen molar-refractivity contribution in [2.75, 3.05) is 0 Å². The number of hydrogen-bond acceptors (Lipinski definition) is 2. The second-order valence-electron chi connectivity index (χ2n) is 8.51. The molecular weight excluding hydrogens is 372 g/mol. The van der Waals surface area contributed by atoms with Gasteiger partial charge in [-0.25, -0.2) is 4.79 Å². The molecule has 0 aliphatic carbocycles. The quantitative estimate of drug-likeness (QED) is 0.536. The standard InChI is InChI=1S/C26H26N2O2/c1-17-14-21(15-22(16-27)19-6-8-20(9-7-19)25(29)30)18(2)28(17)24-12-10-23(11-13-24)26(3,4)5/h6-15H,1-5H3,(H,29,30)/b22-15-. The number of aromatic nitrogens is 1. The minimum atomic E-state index is -0.981. The number of hydrogen-bond donors (Lipinski definition) is 1. The molecule has 3 rings (SSSR count). The molecule has 1 aromatic heterocycles. The first-order valence-corrected chi connectivity index (χ1v) is 9.87. The van der Waals surface area contributed by atoms with Crippen LogP contribution < -0.4 is 0 Å². The summed E-state index contributed by atoms with van der Waals surface area (Å²) in [5.41, 5.74) is 6.96. The maximum atomic E-state index is 11.1. The molecule has 0 unspecified atom stereocenters. The summed E-state index contributed by atoms with van der Waals surface area (Å²) in [6.45, 7) is 10.7. The smallest absolute Gasteiger partial charge is 0.335 e. The highest BCUT2D eigenvalue weighted by molar-refractivity contribution is 5.92. The SMILES string of the molecule is Cc1cc(/C=C(/C#N)c2ccc(C(=O)O)cc2)c(C)n1-c1ccc(C(C)(C)C)cc1. The number of aromatic carboxylic acids is 1. The van der Waals surface area contributed by atoms with Crippen LogP contribution in [0.4, 0.5) is 0 Å². The highest BCUT2D eigenvalue weighted by Gasteiger charge is 2.15. The Labute approximate surface area is 177 Å². The van der Waals surface area contributed by atoms with Crippen LogP contribution in [-0.2, 0) is 5.41 Å². The fourth-order valence-corrected chi connectivity index (χ4v) is 3.57. The molecule has 0 bridgehead atoms. The van der Waals surface area contributed by atoms with Gasteiger partial charge >= 0.3 is 5.97 Å². The molecule has 0 saturated carbocycles. The Morgan fingerprint density at radius 3 is 2.07 bits per heavy atom. The Morgan fingerprint density at radius 1 is 1.00 bits per heavy atom. The van der Waals surface area contributed by atoms with Crippen LogP contribution in [0, 0.1) is 25.2 Å². The zero-order valence-electron chi connectivity index (χ0n) is 18.0. The average molecular weight is 399 g/mol. The molecule has 30 heavy (non-hydrogen) atoms. The van der Waals surface area contributed by atoms with Crippen LogP contribution in [0.25, 0.3) is 17.3 Å². The van der Waals surface area contributed by atoms with E-state index in [9.17, 15) is 10.1 Å². The van der Waals surface area contributed by atoms with Crippen LogP contribution in [0.1, 0.15) is 59.2 Å².